The molecular weight excluding hydrogens is 925 g/mol. The summed E-state index contributed by atoms with van der Waals surface area (Å²) in [6, 6.07) is 90.2. The van der Waals surface area contributed by atoms with Crippen LogP contribution in [0.4, 0.5) is 0 Å². The van der Waals surface area contributed by atoms with Crippen LogP contribution < -0.4 is 0 Å². The molecule has 0 saturated carbocycles. The topological polar surface area (TPSA) is 77.3 Å². The van der Waals surface area contributed by atoms with Crippen molar-refractivity contribution in [1.82, 2.24) is 29.9 Å². The van der Waals surface area contributed by atoms with Crippen LogP contribution in [0.1, 0.15) is 0 Å². The maximum atomic E-state index is 5.48. The third-order valence-electron chi connectivity index (χ3n) is 14.8. The van der Waals surface area contributed by atoms with E-state index in [2.05, 4.69) is 255 Å². The SMILES string of the molecule is c1ccc2cc(-c3nc(-c4cc(-c5c6ccccc6cc6ccccc56)cc(-c5c6ccccc6cc6ccccc56)c4)nc(-c4nc(-c5ccc6ccccc6c5)nc(-c5ccc6ccccc6c5)n4)n3)ccc2c1. The molecule has 0 N–H and O–H groups in total. The molecule has 0 saturated heterocycles. The van der Waals surface area contributed by atoms with E-state index in [1.54, 1.807) is 0 Å². The first kappa shape index (κ1) is 43.3. The van der Waals surface area contributed by atoms with Crippen LogP contribution in [0.2, 0.25) is 0 Å². The lowest BCUT2D eigenvalue weighted by Crippen LogP contribution is -2.06. The van der Waals surface area contributed by atoms with Crippen LogP contribution in [0.25, 0.3) is 155 Å². The number of benzene rings is 13. The van der Waals surface area contributed by atoms with Crippen molar-refractivity contribution in [2.24, 2.45) is 0 Å². The Bertz CT molecular complexity index is 4510. The summed E-state index contributed by atoms with van der Waals surface area (Å²) in [7, 11) is 0. The second-order valence-corrected chi connectivity index (χ2v) is 19.5. The first-order chi connectivity index (χ1) is 37.6. The molecule has 13 aromatic carbocycles. The highest BCUT2D eigenvalue weighted by Gasteiger charge is 2.22. The van der Waals surface area contributed by atoms with E-state index in [4.69, 9.17) is 29.9 Å². The Morgan fingerprint density at radius 1 is 0.158 bits per heavy atom. The summed E-state index contributed by atoms with van der Waals surface area (Å²) in [6.45, 7) is 0. The molecule has 352 valence electrons. The van der Waals surface area contributed by atoms with Gasteiger partial charge in [-0.1, -0.05) is 206 Å². The van der Waals surface area contributed by atoms with E-state index in [0.29, 0.717) is 34.9 Å². The van der Waals surface area contributed by atoms with E-state index in [9.17, 15) is 0 Å². The van der Waals surface area contributed by atoms with Crippen molar-refractivity contribution in [2.45, 2.75) is 0 Å². The average Bonchev–Trinajstić information content (AvgIpc) is 3.50. The molecule has 0 atom stereocenters. The monoisotopic (exact) mass is 966 g/mol. The predicted molar refractivity (Wildman–Crippen MR) is 314 cm³/mol. The van der Waals surface area contributed by atoms with Crippen molar-refractivity contribution in [3.63, 3.8) is 0 Å². The standard InChI is InChI=1S/C70H42N6/c1-4-18-46-35-53(32-29-43(46)15-1)65-71-66(54-33-30-44-16-2-5-19-47(44)36-54)74-69(73-65)70-75-67(55-34-31-45-17-3-6-20-48(45)37-55)72-68(76-70)58-41-56(63-59-25-11-7-21-49(59)38-50-22-8-12-26-60(50)63)40-57(42-58)64-61-27-13-9-23-51(61)39-52-24-10-14-28-62(52)64/h1-42H. The summed E-state index contributed by atoms with van der Waals surface area (Å²) < 4.78 is 0. The van der Waals surface area contributed by atoms with E-state index >= 15 is 0 Å². The molecule has 2 heterocycles. The third-order valence-corrected chi connectivity index (χ3v) is 14.8. The zero-order valence-corrected chi connectivity index (χ0v) is 40.9. The molecule has 15 aromatic rings. The largest absolute Gasteiger partial charge is 0.208 e. The van der Waals surface area contributed by atoms with Gasteiger partial charge in [0.15, 0.2) is 23.3 Å². The first-order valence-electron chi connectivity index (χ1n) is 25.6. The Morgan fingerprint density at radius 2 is 0.408 bits per heavy atom. The van der Waals surface area contributed by atoms with Crippen LogP contribution in [-0.4, -0.2) is 29.9 Å². The summed E-state index contributed by atoms with van der Waals surface area (Å²) in [5.74, 6) is 2.70. The van der Waals surface area contributed by atoms with Gasteiger partial charge in [0.1, 0.15) is 0 Å². The predicted octanol–water partition coefficient (Wildman–Crippen LogP) is 17.8. The third kappa shape index (κ3) is 7.59. The maximum absolute atomic E-state index is 5.48. The lowest BCUT2D eigenvalue weighted by molar-refractivity contribution is 1.00. The molecule has 15 rings (SSSR count). The Kier molecular flexibility index (Phi) is 10.1. The molecule has 0 amide bonds. The molecule has 0 aliphatic rings. The average molecular weight is 967 g/mol. The van der Waals surface area contributed by atoms with E-state index in [-0.39, 0.29) is 0 Å². The molecule has 2 aromatic heterocycles. The molecule has 0 fully saturated rings. The number of fused-ring (bicyclic) bond motifs is 7. The summed E-state index contributed by atoms with van der Waals surface area (Å²) in [6.07, 6.45) is 0. The van der Waals surface area contributed by atoms with Crippen LogP contribution in [0.5, 0.6) is 0 Å². The van der Waals surface area contributed by atoms with Crippen molar-refractivity contribution in [2.75, 3.05) is 0 Å². The normalized spacial score (nSPS) is 11.7. The minimum atomic E-state index is 0.331. The second-order valence-electron chi connectivity index (χ2n) is 19.5. The number of hydrogen-bond donors (Lipinski definition) is 0. The summed E-state index contributed by atoms with van der Waals surface area (Å²) in [4.78, 5) is 32.0. The fourth-order valence-electron chi connectivity index (χ4n) is 11.1. The van der Waals surface area contributed by atoms with Gasteiger partial charge in [0.05, 0.1) is 0 Å². The van der Waals surface area contributed by atoms with Crippen LogP contribution in [-0.2, 0) is 0 Å². The van der Waals surface area contributed by atoms with E-state index in [0.717, 1.165) is 98.4 Å². The number of hydrogen-bond acceptors (Lipinski definition) is 6. The second kappa shape index (κ2) is 17.7. The lowest BCUT2D eigenvalue weighted by atomic mass is 9.87. The first-order valence-corrected chi connectivity index (χ1v) is 25.6. The molecule has 0 aliphatic heterocycles. The van der Waals surface area contributed by atoms with E-state index < -0.39 is 0 Å². The molecule has 6 nitrogen and oxygen atoms in total. The van der Waals surface area contributed by atoms with E-state index in [1.165, 1.54) is 21.5 Å². The van der Waals surface area contributed by atoms with Gasteiger partial charge in [-0.25, -0.2) is 29.9 Å². The zero-order chi connectivity index (χ0) is 50.1. The number of aromatic nitrogens is 6. The summed E-state index contributed by atoms with van der Waals surface area (Å²) in [5, 5.41) is 15.9. The summed E-state index contributed by atoms with van der Waals surface area (Å²) >= 11 is 0. The fourth-order valence-corrected chi connectivity index (χ4v) is 11.1. The minimum absolute atomic E-state index is 0.331. The van der Waals surface area contributed by atoms with Crippen molar-refractivity contribution >= 4 is 75.4 Å². The van der Waals surface area contributed by atoms with Gasteiger partial charge in [0.2, 0.25) is 11.6 Å². The smallest absolute Gasteiger partial charge is 0.202 e. The highest BCUT2D eigenvalue weighted by Crippen LogP contribution is 2.44. The Labute approximate surface area is 437 Å². The Balaban J connectivity index is 1.03. The van der Waals surface area contributed by atoms with Crippen LogP contribution in [0.15, 0.2) is 255 Å². The van der Waals surface area contributed by atoms with Crippen molar-refractivity contribution in [3.8, 4) is 79.5 Å². The van der Waals surface area contributed by atoms with E-state index in [1.807, 2.05) is 0 Å². The van der Waals surface area contributed by atoms with Crippen molar-refractivity contribution < 1.29 is 0 Å². The Morgan fingerprint density at radius 3 is 0.737 bits per heavy atom. The molecule has 0 bridgehead atoms. The fraction of sp³-hybridized carbons (Fsp3) is 0. The van der Waals surface area contributed by atoms with Gasteiger partial charge in [0.25, 0.3) is 0 Å². The van der Waals surface area contributed by atoms with Gasteiger partial charge >= 0.3 is 0 Å². The minimum Gasteiger partial charge on any atom is -0.208 e. The van der Waals surface area contributed by atoms with Crippen LogP contribution >= 0.6 is 0 Å². The highest BCUT2D eigenvalue weighted by atomic mass is 15.1. The highest BCUT2D eigenvalue weighted by molar-refractivity contribution is 6.16. The Hall–Kier alpha value is -10.3. The van der Waals surface area contributed by atoms with Gasteiger partial charge < -0.3 is 0 Å². The summed E-state index contributed by atoms with van der Waals surface area (Å²) in [5.41, 5.74) is 7.76. The maximum Gasteiger partial charge on any atom is 0.202 e. The van der Waals surface area contributed by atoms with Crippen LogP contribution in [0.3, 0.4) is 0 Å². The van der Waals surface area contributed by atoms with Gasteiger partial charge in [-0.15, -0.1) is 0 Å². The van der Waals surface area contributed by atoms with Crippen molar-refractivity contribution in [1.29, 1.82) is 0 Å². The zero-order valence-electron chi connectivity index (χ0n) is 40.9. The number of rotatable bonds is 7. The van der Waals surface area contributed by atoms with Gasteiger partial charge in [-0.2, -0.15) is 0 Å². The lowest BCUT2D eigenvalue weighted by Gasteiger charge is -2.18. The molecule has 0 spiro atoms. The molecule has 0 radical (unpaired) electrons. The molecule has 6 heteroatoms. The van der Waals surface area contributed by atoms with Gasteiger partial charge in [-0.05, 0) is 146 Å². The van der Waals surface area contributed by atoms with Gasteiger partial charge in [-0.3, -0.25) is 0 Å². The van der Waals surface area contributed by atoms with Crippen LogP contribution in [0, 0.1) is 0 Å². The number of nitrogens with zero attached hydrogens (tertiary/aromatic N) is 6. The van der Waals surface area contributed by atoms with Crippen molar-refractivity contribution in [3.05, 3.63) is 255 Å². The molecule has 0 unspecified atom stereocenters. The van der Waals surface area contributed by atoms with Gasteiger partial charge in [0, 0.05) is 22.3 Å². The quantitative estimate of drug-likeness (QED) is 0.148. The molecule has 0 aliphatic carbocycles. The molecule has 76 heavy (non-hydrogen) atoms. The molecular formula is C70H42N6.